The molecule has 1 aliphatic heterocycles. The summed E-state index contributed by atoms with van der Waals surface area (Å²) in [6.45, 7) is 1.19. The molecule has 1 fully saturated rings. The van der Waals surface area contributed by atoms with Crippen LogP contribution in [-0.2, 0) is 17.6 Å². The fourth-order valence-corrected chi connectivity index (χ4v) is 6.13. The van der Waals surface area contributed by atoms with Gasteiger partial charge >= 0.3 is 0 Å². The number of Topliss-reactive ketones (excluding diaryl/α,β-unsaturated/α-hetero) is 1. The van der Waals surface area contributed by atoms with E-state index in [1.165, 1.54) is 39.6 Å². The fourth-order valence-electron chi connectivity index (χ4n) is 4.59. The van der Waals surface area contributed by atoms with Gasteiger partial charge in [-0.2, -0.15) is 0 Å². The first-order valence-corrected chi connectivity index (χ1v) is 12.0. The van der Waals surface area contributed by atoms with Gasteiger partial charge in [0.05, 0.1) is 5.75 Å². The summed E-state index contributed by atoms with van der Waals surface area (Å²) >= 11 is 2.63. The molecule has 0 bridgehead atoms. The average Bonchev–Trinajstić information content (AvgIpc) is 3.39. The van der Waals surface area contributed by atoms with E-state index in [4.69, 9.17) is 5.73 Å². The molecule has 0 saturated carbocycles. The first kappa shape index (κ1) is 19.5. The molecule has 0 radical (unpaired) electrons. The number of carbonyl (C=O) groups excluding carboxylic acids is 2. The number of nitrogen functional groups attached to an aromatic ring is 1. The van der Waals surface area contributed by atoms with Gasteiger partial charge in [0.25, 0.3) is 0 Å². The molecule has 2 aliphatic rings. The Labute approximate surface area is 182 Å². The molecule has 1 aliphatic carbocycles. The highest BCUT2D eigenvalue weighted by Crippen LogP contribution is 2.34. The van der Waals surface area contributed by atoms with Crippen LogP contribution in [0.1, 0.15) is 34.3 Å². The average molecular weight is 439 g/mol. The molecule has 0 spiro atoms. The number of ketones is 1. The SMILES string of the molecule is Nc1nnc(SCC(=O)N2CCC[C@@H](C(=O)c3ccc4c5c(cccc35)CC4)C2)s1. The minimum atomic E-state index is -0.150. The Morgan fingerprint density at radius 3 is 2.80 bits per heavy atom. The number of nitrogens with zero attached hydrogens (tertiary/aromatic N) is 3. The minimum Gasteiger partial charge on any atom is -0.374 e. The van der Waals surface area contributed by atoms with Gasteiger partial charge in [0.15, 0.2) is 10.1 Å². The highest BCUT2D eigenvalue weighted by atomic mass is 32.2. The van der Waals surface area contributed by atoms with Crippen LogP contribution < -0.4 is 5.73 Å². The zero-order valence-corrected chi connectivity index (χ0v) is 18.1. The summed E-state index contributed by atoms with van der Waals surface area (Å²) in [7, 11) is 0. The third-order valence-electron chi connectivity index (χ3n) is 6.03. The molecule has 2 N–H and O–H groups in total. The molecule has 1 amide bonds. The second-order valence-corrected chi connectivity index (χ2v) is 10.1. The van der Waals surface area contributed by atoms with Crippen LogP contribution in [0, 0.1) is 5.92 Å². The molecule has 0 unspecified atom stereocenters. The van der Waals surface area contributed by atoms with E-state index in [2.05, 4.69) is 34.5 Å². The van der Waals surface area contributed by atoms with E-state index in [9.17, 15) is 9.59 Å². The van der Waals surface area contributed by atoms with Crippen LogP contribution in [0.25, 0.3) is 10.8 Å². The van der Waals surface area contributed by atoms with Crippen molar-refractivity contribution in [1.29, 1.82) is 0 Å². The molecule has 30 heavy (non-hydrogen) atoms. The van der Waals surface area contributed by atoms with Crippen molar-refractivity contribution in [2.75, 3.05) is 24.6 Å². The number of amides is 1. The van der Waals surface area contributed by atoms with Crippen LogP contribution in [0.5, 0.6) is 0 Å². The smallest absolute Gasteiger partial charge is 0.233 e. The number of hydrogen-bond acceptors (Lipinski definition) is 7. The van der Waals surface area contributed by atoms with Gasteiger partial charge in [-0.15, -0.1) is 10.2 Å². The van der Waals surface area contributed by atoms with Gasteiger partial charge < -0.3 is 10.6 Å². The lowest BCUT2D eigenvalue weighted by Crippen LogP contribution is -2.43. The molecule has 5 rings (SSSR count). The van der Waals surface area contributed by atoms with Crippen LogP contribution in [-0.4, -0.2) is 45.6 Å². The molecular weight excluding hydrogens is 416 g/mol. The zero-order valence-electron chi connectivity index (χ0n) is 16.5. The number of anilines is 1. The monoisotopic (exact) mass is 438 g/mol. The van der Waals surface area contributed by atoms with Gasteiger partial charge in [0.1, 0.15) is 0 Å². The van der Waals surface area contributed by atoms with Crippen molar-refractivity contribution in [3.8, 4) is 0 Å². The van der Waals surface area contributed by atoms with Crippen LogP contribution >= 0.6 is 23.1 Å². The maximum atomic E-state index is 13.4. The van der Waals surface area contributed by atoms with Gasteiger partial charge in [-0.05, 0) is 47.6 Å². The van der Waals surface area contributed by atoms with Crippen LogP contribution in [0.3, 0.4) is 0 Å². The van der Waals surface area contributed by atoms with Crippen molar-refractivity contribution >= 4 is 50.7 Å². The van der Waals surface area contributed by atoms with Gasteiger partial charge in [-0.3, -0.25) is 9.59 Å². The lowest BCUT2D eigenvalue weighted by molar-refractivity contribution is -0.129. The van der Waals surface area contributed by atoms with E-state index in [0.29, 0.717) is 22.6 Å². The molecular formula is C22H22N4O2S2. The van der Waals surface area contributed by atoms with Crippen molar-refractivity contribution in [1.82, 2.24) is 15.1 Å². The first-order valence-electron chi connectivity index (χ1n) is 10.2. The Morgan fingerprint density at radius 1 is 1.17 bits per heavy atom. The van der Waals surface area contributed by atoms with Crippen LogP contribution in [0.15, 0.2) is 34.7 Å². The zero-order chi connectivity index (χ0) is 20.7. The van der Waals surface area contributed by atoms with Crippen molar-refractivity contribution in [3.05, 3.63) is 47.0 Å². The van der Waals surface area contributed by atoms with E-state index >= 15 is 0 Å². The van der Waals surface area contributed by atoms with E-state index in [-0.39, 0.29) is 23.4 Å². The van der Waals surface area contributed by atoms with E-state index in [1.807, 2.05) is 11.0 Å². The molecule has 8 heteroatoms. The van der Waals surface area contributed by atoms with E-state index in [0.717, 1.165) is 36.6 Å². The van der Waals surface area contributed by atoms with Gasteiger partial charge in [-0.25, -0.2) is 0 Å². The van der Waals surface area contributed by atoms with E-state index in [1.54, 1.807) is 0 Å². The van der Waals surface area contributed by atoms with Gasteiger partial charge in [0, 0.05) is 24.6 Å². The molecule has 2 heterocycles. The number of carbonyl (C=O) groups is 2. The third-order valence-corrected chi connectivity index (χ3v) is 7.90. The predicted molar refractivity (Wildman–Crippen MR) is 120 cm³/mol. The summed E-state index contributed by atoms with van der Waals surface area (Å²) in [4.78, 5) is 28.0. The molecule has 1 atom stereocenters. The Morgan fingerprint density at radius 2 is 2.00 bits per heavy atom. The van der Waals surface area contributed by atoms with Crippen molar-refractivity contribution in [2.45, 2.75) is 30.0 Å². The molecule has 1 aromatic heterocycles. The van der Waals surface area contributed by atoms with Crippen molar-refractivity contribution < 1.29 is 9.59 Å². The molecule has 6 nitrogen and oxygen atoms in total. The Kier molecular flexibility index (Phi) is 5.20. The third kappa shape index (κ3) is 3.58. The number of aryl methyl sites for hydroxylation is 2. The highest BCUT2D eigenvalue weighted by Gasteiger charge is 2.30. The highest BCUT2D eigenvalue weighted by molar-refractivity contribution is 8.01. The topological polar surface area (TPSA) is 89.2 Å². The number of thioether (sulfide) groups is 1. The largest absolute Gasteiger partial charge is 0.374 e. The Balaban J connectivity index is 1.31. The predicted octanol–water partition coefficient (Wildman–Crippen LogP) is 3.59. The molecule has 3 aromatic rings. The van der Waals surface area contributed by atoms with Crippen LogP contribution in [0.4, 0.5) is 5.13 Å². The summed E-state index contributed by atoms with van der Waals surface area (Å²) in [5.41, 5.74) is 9.08. The number of hydrogen-bond donors (Lipinski definition) is 1. The van der Waals surface area contributed by atoms with Crippen molar-refractivity contribution in [3.63, 3.8) is 0 Å². The fraction of sp³-hybridized carbons (Fsp3) is 0.364. The maximum absolute atomic E-state index is 13.4. The minimum absolute atomic E-state index is 0.0340. The Bertz CT molecular complexity index is 1130. The van der Waals surface area contributed by atoms with Gasteiger partial charge in [-0.1, -0.05) is 53.4 Å². The number of benzene rings is 2. The second kappa shape index (κ2) is 8.00. The summed E-state index contributed by atoms with van der Waals surface area (Å²) < 4.78 is 0.693. The number of rotatable bonds is 5. The maximum Gasteiger partial charge on any atom is 0.233 e. The quantitative estimate of drug-likeness (QED) is 0.484. The van der Waals surface area contributed by atoms with Crippen LogP contribution in [0.2, 0.25) is 0 Å². The standard InChI is InChI=1S/C22H22N4O2S2/c23-21-24-25-22(30-21)29-12-18(27)26-10-2-4-15(11-26)20(28)17-9-8-14-7-6-13-3-1-5-16(17)19(13)14/h1,3,5,8-9,15H,2,4,6-7,10-12H2,(H2,23,24)/t15-/m1/s1. The lowest BCUT2D eigenvalue weighted by Gasteiger charge is -2.32. The molecule has 154 valence electrons. The first-order chi connectivity index (χ1) is 14.6. The summed E-state index contributed by atoms with van der Waals surface area (Å²) in [5, 5.41) is 10.5. The normalized spacial score (nSPS) is 18.1. The second-order valence-electron chi connectivity index (χ2n) is 7.85. The van der Waals surface area contributed by atoms with Crippen molar-refractivity contribution in [2.24, 2.45) is 5.92 Å². The lowest BCUT2D eigenvalue weighted by atomic mass is 9.87. The number of likely N-dealkylation sites (tertiary alicyclic amines) is 1. The summed E-state index contributed by atoms with van der Waals surface area (Å²) in [6.07, 6.45) is 3.77. The molecule has 2 aromatic carbocycles. The van der Waals surface area contributed by atoms with E-state index < -0.39 is 0 Å². The summed E-state index contributed by atoms with van der Waals surface area (Å²) in [6, 6.07) is 10.4. The molecule has 1 saturated heterocycles. The van der Waals surface area contributed by atoms with Gasteiger partial charge in [0.2, 0.25) is 11.0 Å². The number of aromatic nitrogens is 2. The Hall–Kier alpha value is -2.45. The number of nitrogens with two attached hydrogens (primary N) is 1. The summed E-state index contributed by atoms with van der Waals surface area (Å²) in [5.74, 6) is 0.332. The number of piperidine rings is 1.